The molecule has 29 heavy (non-hydrogen) atoms. The molecule has 0 spiro atoms. The summed E-state index contributed by atoms with van der Waals surface area (Å²) in [5.74, 6) is 0.370. The number of aromatic nitrogens is 5. The highest BCUT2D eigenvalue weighted by Crippen LogP contribution is 2.36. The molecular formula is C19H15F3N6O. The molecule has 3 heterocycles. The van der Waals surface area contributed by atoms with Crippen molar-refractivity contribution in [3.05, 3.63) is 59.8 Å². The third kappa shape index (κ3) is 3.33. The summed E-state index contributed by atoms with van der Waals surface area (Å²) in [6.07, 6.45) is 1.85. The van der Waals surface area contributed by atoms with Gasteiger partial charge in [-0.25, -0.2) is 9.97 Å². The largest absolute Gasteiger partial charge is 0.435 e. The molecule has 0 amide bonds. The maximum absolute atomic E-state index is 13.4. The van der Waals surface area contributed by atoms with Crippen LogP contribution in [-0.4, -0.2) is 30.4 Å². The predicted octanol–water partition coefficient (Wildman–Crippen LogP) is 4.01. The van der Waals surface area contributed by atoms with Crippen molar-refractivity contribution >= 4 is 23.4 Å². The number of imidazole rings is 1. The number of rotatable bonds is 4. The molecule has 1 aromatic carbocycles. The molecule has 0 aliphatic rings. The van der Waals surface area contributed by atoms with Gasteiger partial charge in [-0.05, 0) is 30.7 Å². The fourth-order valence-electron chi connectivity index (χ4n) is 3.11. The third-order valence-electron chi connectivity index (χ3n) is 4.46. The van der Waals surface area contributed by atoms with E-state index in [1.54, 1.807) is 25.1 Å². The molecule has 0 saturated carbocycles. The summed E-state index contributed by atoms with van der Waals surface area (Å²) in [4.78, 5) is 19.5. The number of carbonyl (C=O) groups excluding carboxylic acids is 1. The molecule has 7 nitrogen and oxygen atoms in total. The van der Waals surface area contributed by atoms with Crippen molar-refractivity contribution in [3.8, 4) is 11.3 Å². The summed E-state index contributed by atoms with van der Waals surface area (Å²) < 4.78 is 42.7. The van der Waals surface area contributed by atoms with Crippen molar-refractivity contribution in [2.75, 3.05) is 5.32 Å². The minimum Gasteiger partial charge on any atom is -0.337 e. The smallest absolute Gasteiger partial charge is 0.337 e. The molecule has 0 aliphatic heterocycles. The van der Waals surface area contributed by atoms with Crippen molar-refractivity contribution in [2.24, 2.45) is 7.05 Å². The van der Waals surface area contributed by atoms with Gasteiger partial charge in [0.25, 0.3) is 0 Å². The number of hydrogen-bond acceptors (Lipinski definition) is 5. The number of alkyl halides is 3. The van der Waals surface area contributed by atoms with Crippen molar-refractivity contribution in [1.82, 2.24) is 24.1 Å². The van der Waals surface area contributed by atoms with Crippen LogP contribution in [0, 0.1) is 6.92 Å². The second-order valence-electron chi connectivity index (χ2n) is 6.49. The summed E-state index contributed by atoms with van der Waals surface area (Å²) >= 11 is 0. The average molecular weight is 400 g/mol. The van der Waals surface area contributed by atoms with Gasteiger partial charge in [-0.1, -0.05) is 0 Å². The molecule has 0 unspecified atom stereocenters. The number of nitrogens with zero attached hydrogens (tertiary/aromatic N) is 5. The first-order chi connectivity index (χ1) is 13.8. The van der Waals surface area contributed by atoms with Gasteiger partial charge in [0.05, 0.1) is 17.5 Å². The molecule has 4 rings (SSSR count). The van der Waals surface area contributed by atoms with E-state index in [4.69, 9.17) is 0 Å². The van der Waals surface area contributed by atoms with Gasteiger partial charge in [-0.2, -0.15) is 18.3 Å². The lowest BCUT2D eigenvalue weighted by molar-refractivity contribution is -0.141. The average Bonchev–Trinajstić information content (AvgIpc) is 3.25. The van der Waals surface area contributed by atoms with Crippen LogP contribution in [0.15, 0.2) is 43.0 Å². The summed E-state index contributed by atoms with van der Waals surface area (Å²) in [5.41, 5.74) is 1.59. The van der Waals surface area contributed by atoms with Gasteiger partial charge >= 0.3 is 6.18 Å². The molecule has 148 valence electrons. The van der Waals surface area contributed by atoms with Crippen molar-refractivity contribution < 1.29 is 18.0 Å². The fourth-order valence-corrected chi connectivity index (χ4v) is 3.11. The Morgan fingerprint density at radius 3 is 2.69 bits per heavy atom. The fraction of sp³-hybridized carbons (Fsp3) is 0.158. The Morgan fingerprint density at radius 2 is 2.00 bits per heavy atom. The second-order valence-corrected chi connectivity index (χ2v) is 6.49. The van der Waals surface area contributed by atoms with Gasteiger partial charge < -0.3 is 5.32 Å². The van der Waals surface area contributed by atoms with E-state index in [1.807, 2.05) is 0 Å². The molecule has 10 heteroatoms. The minimum absolute atomic E-state index is 0.0733. The van der Waals surface area contributed by atoms with Crippen LogP contribution in [0.1, 0.15) is 21.6 Å². The maximum Gasteiger partial charge on any atom is 0.435 e. The van der Waals surface area contributed by atoms with E-state index in [0.717, 1.165) is 16.5 Å². The van der Waals surface area contributed by atoms with E-state index in [2.05, 4.69) is 20.4 Å². The minimum atomic E-state index is -4.59. The van der Waals surface area contributed by atoms with Crippen LogP contribution >= 0.6 is 0 Å². The topological polar surface area (TPSA) is 77.1 Å². The van der Waals surface area contributed by atoms with Gasteiger partial charge in [0, 0.05) is 36.9 Å². The Balaban J connectivity index is 1.79. The highest BCUT2D eigenvalue weighted by atomic mass is 19.4. The van der Waals surface area contributed by atoms with Crippen LogP contribution in [0.4, 0.5) is 24.7 Å². The van der Waals surface area contributed by atoms with E-state index < -0.39 is 11.9 Å². The number of aryl methyl sites for hydroxylation is 2. The molecule has 0 fully saturated rings. The molecule has 0 saturated heterocycles. The first-order valence-electron chi connectivity index (χ1n) is 8.54. The van der Waals surface area contributed by atoms with Crippen molar-refractivity contribution in [3.63, 3.8) is 0 Å². The highest BCUT2D eigenvalue weighted by Gasteiger charge is 2.38. The lowest BCUT2D eigenvalue weighted by atomic mass is 10.1. The number of fused-ring (bicyclic) bond motifs is 1. The molecule has 0 radical (unpaired) electrons. The van der Waals surface area contributed by atoms with E-state index in [9.17, 15) is 18.0 Å². The zero-order valence-corrected chi connectivity index (χ0v) is 15.4. The van der Waals surface area contributed by atoms with Crippen LogP contribution < -0.4 is 5.32 Å². The first kappa shape index (κ1) is 18.7. The third-order valence-corrected chi connectivity index (χ3v) is 4.46. The standard InChI is InChI=1S/C19H15F3N6O/c1-11-7-13(4-3-12(11)10-29)25-17-18-24-8-15(28(18)6-5-23-17)14-9-27(2)26-16(14)19(20,21)22/h3-10H,1-2H3,(H,23,25). The van der Waals surface area contributed by atoms with E-state index in [-0.39, 0.29) is 11.3 Å². The van der Waals surface area contributed by atoms with E-state index >= 15 is 0 Å². The van der Waals surface area contributed by atoms with Gasteiger partial charge in [0.1, 0.15) is 6.29 Å². The van der Waals surface area contributed by atoms with Gasteiger partial charge in [-0.3, -0.25) is 13.9 Å². The number of aldehydes is 1. The van der Waals surface area contributed by atoms with Crippen LogP contribution in [-0.2, 0) is 13.2 Å². The number of halogens is 3. The second kappa shape index (κ2) is 6.73. The number of nitrogens with one attached hydrogen (secondary N) is 1. The Labute approximate surface area is 162 Å². The number of carbonyl (C=O) groups is 1. The number of benzene rings is 1. The normalized spacial score (nSPS) is 11.8. The van der Waals surface area contributed by atoms with Crippen LogP contribution in [0.2, 0.25) is 0 Å². The van der Waals surface area contributed by atoms with Crippen molar-refractivity contribution in [1.29, 1.82) is 0 Å². The summed E-state index contributed by atoms with van der Waals surface area (Å²) in [6.45, 7) is 1.80. The molecule has 0 bridgehead atoms. The molecule has 4 aromatic rings. The monoisotopic (exact) mass is 400 g/mol. The highest BCUT2D eigenvalue weighted by molar-refractivity contribution is 5.80. The Bertz CT molecular complexity index is 1220. The van der Waals surface area contributed by atoms with E-state index in [1.165, 1.54) is 36.2 Å². The zero-order chi connectivity index (χ0) is 20.8. The molecule has 3 aromatic heterocycles. The van der Waals surface area contributed by atoms with Crippen LogP contribution in [0.25, 0.3) is 16.9 Å². The number of hydrogen-bond donors (Lipinski definition) is 1. The lowest BCUT2D eigenvalue weighted by Gasteiger charge is -2.09. The van der Waals surface area contributed by atoms with Crippen LogP contribution in [0.3, 0.4) is 0 Å². The predicted molar refractivity (Wildman–Crippen MR) is 100 cm³/mol. The molecule has 0 aliphatic carbocycles. The molecular weight excluding hydrogens is 385 g/mol. The summed E-state index contributed by atoms with van der Waals surface area (Å²) in [6, 6.07) is 5.17. The van der Waals surface area contributed by atoms with Crippen LogP contribution in [0.5, 0.6) is 0 Å². The number of anilines is 2. The SMILES string of the molecule is Cc1cc(Nc2nccn3c(-c4cn(C)nc4C(F)(F)F)cnc23)ccc1C=O. The van der Waals surface area contributed by atoms with Gasteiger partial charge in [0.2, 0.25) is 0 Å². The maximum atomic E-state index is 13.4. The molecule has 1 N–H and O–H groups in total. The van der Waals surface area contributed by atoms with Gasteiger partial charge in [0.15, 0.2) is 17.2 Å². The lowest BCUT2D eigenvalue weighted by Crippen LogP contribution is -2.08. The zero-order valence-electron chi connectivity index (χ0n) is 15.4. The van der Waals surface area contributed by atoms with Gasteiger partial charge in [-0.15, -0.1) is 0 Å². The Hall–Kier alpha value is -3.69. The summed E-state index contributed by atoms with van der Waals surface area (Å²) in [5, 5.41) is 6.65. The quantitative estimate of drug-likeness (QED) is 0.524. The molecule has 0 atom stereocenters. The van der Waals surface area contributed by atoms with Crippen molar-refractivity contribution in [2.45, 2.75) is 13.1 Å². The first-order valence-corrected chi connectivity index (χ1v) is 8.54. The Kier molecular flexibility index (Phi) is 4.33. The summed E-state index contributed by atoms with van der Waals surface area (Å²) in [7, 11) is 1.43. The van der Waals surface area contributed by atoms with E-state index in [0.29, 0.717) is 22.7 Å². The Morgan fingerprint density at radius 1 is 1.21 bits per heavy atom.